The highest BCUT2D eigenvalue weighted by Crippen LogP contribution is 2.09. The lowest BCUT2D eigenvalue weighted by molar-refractivity contribution is -0.145. The second-order valence-corrected chi connectivity index (χ2v) is 8.53. The average Bonchev–Trinajstić information content (AvgIpc) is 2.75. The summed E-state index contributed by atoms with van der Waals surface area (Å²) in [6, 6.07) is -2.00. The zero-order valence-electron chi connectivity index (χ0n) is 20.8. The van der Waals surface area contributed by atoms with Crippen molar-refractivity contribution in [3.63, 3.8) is 0 Å². The highest BCUT2D eigenvalue weighted by molar-refractivity contribution is 5.91. The third kappa shape index (κ3) is 13.2. The molecule has 0 aliphatic heterocycles. The Morgan fingerprint density at radius 1 is 0.971 bits per heavy atom. The summed E-state index contributed by atoms with van der Waals surface area (Å²) < 4.78 is 9.90. The minimum Gasteiger partial charge on any atom is -0.467 e. The van der Waals surface area contributed by atoms with E-state index in [0.29, 0.717) is 6.42 Å². The van der Waals surface area contributed by atoms with Gasteiger partial charge in [-0.2, -0.15) is 0 Å². The average molecular weight is 483 g/mol. The monoisotopic (exact) mass is 482 g/mol. The molecule has 0 aliphatic carbocycles. The van der Waals surface area contributed by atoms with E-state index in [9.17, 15) is 24.0 Å². The SMILES string of the molecule is C=CCC[C@H](NC(=O)OC(C)(C)C)C(=O)N(C)CC(=O)N[C@@H](CCC(=O)NCC=C)C(=O)OC. The van der Waals surface area contributed by atoms with Gasteiger partial charge in [-0.05, 0) is 40.0 Å². The molecule has 3 N–H and O–H groups in total. The molecule has 0 fully saturated rings. The van der Waals surface area contributed by atoms with Crippen molar-refractivity contribution in [2.75, 3.05) is 27.2 Å². The summed E-state index contributed by atoms with van der Waals surface area (Å²) in [6.45, 7) is 12.1. The number of ether oxygens (including phenoxy) is 2. The number of amides is 4. The summed E-state index contributed by atoms with van der Waals surface area (Å²) in [6.07, 6.45) is 3.07. The number of allylic oxidation sites excluding steroid dienone is 1. The smallest absolute Gasteiger partial charge is 0.408 e. The van der Waals surface area contributed by atoms with E-state index < -0.39 is 41.6 Å². The van der Waals surface area contributed by atoms with E-state index in [-0.39, 0.29) is 38.3 Å². The fourth-order valence-corrected chi connectivity index (χ4v) is 2.73. The van der Waals surface area contributed by atoms with Gasteiger partial charge in [0.25, 0.3) is 0 Å². The van der Waals surface area contributed by atoms with Crippen molar-refractivity contribution in [3.05, 3.63) is 25.3 Å². The minimum atomic E-state index is -1.06. The van der Waals surface area contributed by atoms with Crippen LogP contribution < -0.4 is 16.0 Å². The first-order chi connectivity index (χ1) is 15.8. The normalized spacial score (nSPS) is 12.4. The van der Waals surface area contributed by atoms with E-state index >= 15 is 0 Å². The molecule has 0 aliphatic rings. The van der Waals surface area contributed by atoms with Crippen LogP contribution in [0.5, 0.6) is 0 Å². The van der Waals surface area contributed by atoms with Crippen LogP contribution in [0.3, 0.4) is 0 Å². The van der Waals surface area contributed by atoms with Gasteiger partial charge in [0.2, 0.25) is 17.7 Å². The number of alkyl carbamates (subject to hydrolysis) is 1. The van der Waals surface area contributed by atoms with Crippen molar-refractivity contribution in [2.24, 2.45) is 0 Å². The molecule has 2 atom stereocenters. The van der Waals surface area contributed by atoms with Crippen molar-refractivity contribution in [1.82, 2.24) is 20.9 Å². The number of likely N-dealkylation sites (N-methyl/N-ethyl adjacent to an activating group) is 1. The van der Waals surface area contributed by atoms with Crippen molar-refractivity contribution < 1.29 is 33.4 Å². The fourth-order valence-electron chi connectivity index (χ4n) is 2.73. The zero-order valence-corrected chi connectivity index (χ0v) is 20.8. The lowest BCUT2D eigenvalue weighted by Gasteiger charge is -2.26. The van der Waals surface area contributed by atoms with Crippen molar-refractivity contribution in [3.8, 4) is 0 Å². The molecular weight excluding hydrogens is 444 g/mol. The zero-order chi connectivity index (χ0) is 26.3. The summed E-state index contributed by atoms with van der Waals surface area (Å²) >= 11 is 0. The van der Waals surface area contributed by atoms with Crippen molar-refractivity contribution >= 4 is 29.8 Å². The number of esters is 1. The van der Waals surface area contributed by atoms with Crippen LogP contribution in [0.4, 0.5) is 4.79 Å². The lowest BCUT2D eigenvalue weighted by atomic mass is 10.1. The van der Waals surface area contributed by atoms with Crippen LogP contribution in [0, 0.1) is 0 Å². The molecule has 0 aromatic heterocycles. The van der Waals surface area contributed by atoms with Gasteiger partial charge in [0.05, 0.1) is 13.7 Å². The molecule has 0 unspecified atom stereocenters. The highest BCUT2D eigenvalue weighted by Gasteiger charge is 2.28. The van der Waals surface area contributed by atoms with Crippen LogP contribution in [0.2, 0.25) is 0 Å². The number of carbonyl (C=O) groups excluding carboxylic acids is 5. The summed E-state index contributed by atoms with van der Waals surface area (Å²) in [4.78, 5) is 62.4. The van der Waals surface area contributed by atoms with Crippen LogP contribution in [0.1, 0.15) is 46.5 Å². The fraction of sp³-hybridized carbons (Fsp3) is 0.609. The van der Waals surface area contributed by atoms with Crippen molar-refractivity contribution in [1.29, 1.82) is 0 Å². The number of nitrogens with one attached hydrogen (secondary N) is 3. The maximum Gasteiger partial charge on any atom is 0.408 e. The maximum absolute atomic E-state index is 12.9. The van der Waals surface area contributed by atoms with Gasteiger partial charge in [0, 0.05) is 20.0 Å². The molecule has 192 valence electrons. The minimum absolute atomic E-state index is 0.0151. The Labute approximate surface area is 201 Å². The first kappa shape index (κ1) is 30.6. The molecule has 0 heterocycles. The van der Waals surface area contributed by atoms with Gasteiger partial charge in [0.15, 0.2) is 0 Å². The summed E-state index contributed by atoms with van der Waals surface area (Å²) in [5.74, 6) is -2.17. The Kier molecular flexibility index (Phi) is 13.9. The third-order valence-electron chi connectivity index (χ3n) is 4.33. The summed E-state index contributed by atoms with van der Waals surface area (Å²) in [7, 11) is 2.57. The summed E-state index contributed by atoms with van der Waals surface area (Å²) in [5, 5.41) is 7.58. The predicted molar refractivity (Wildman–Crippen MR) is 127 cm³/mol. The second kappa shape index (κ2) is 15.5. The quantitative estimate of drug-likeness (QED) is 0.248. The topological polar surface area (TPSA) is 143 Å². The molecule has 0 bridgehead atoms. The van der Waals surface area contributed by atoms with Gasteiger partial charge in [-0.25, -0.2) is 9.59 Å². The first-order valence-electron chi connectivity index (χ1n) is 10.9. The van der Waals surface area contributed by atoms with Gasteiger partial charge in [-0.1, -0.05) is 12.2 Å². The molecule has 0 radical (unpaired) electrons. The van der Waals surface area contributed by atoms with Gasteiger partial charge in [-0.15, -0.1) is 13.2 Å². The van der Waals surface area contributed by atoms with Gasteiger partial charge in [0.1, 0.15) is 17.7 Å². The molecule has 0 saturated carbocycles. The van der Waals surface area contributed by atoms with E-state index in [1.165, 1.54) is 20.2 Å². The van der Waals surface area contributed by atoms with E-state index in [0.717, 1.165) is 4.90 Å². The Bertz CT molecular complexity index is 746. The molecule has 11 heteroatoms. The molecule has 0 spiro atoms. The lowest BCUT2D eigenvalue weighted by Crippen LogP contribution is -2.52. The Balaban J connectivity index is 5.08. The molecular formula is C23H38N4O7. The number of hydrogen-bond acceptors (Lipinski definition) is 7. The molecule has 11 nitrogen and oxygen atoms in total. The molecule has 34 heavy (non-hydrogen) atoms. The van der Waals surface area contributed by atoms with Gasteiger partial charge >= 0.3 is 12.1 Å². The Morgan fingerprint density at radius 2 is 1.62 bits per heavy atom. The summed E-state index contributed by atoms with van der Waals surface area (Å²) in [5.41, 5.74) is -0.743. The number of methoxy groups -OCH3 is 1. The van der Waals surface area contributed by atoms with Gasteiger partial charge < -0.3 is 30.3 Å². The molecule has 0 rings (SSSR count). The van der Waals surface area contributed by atoms with Crippen LogP contribution in [-0.4, -0.2) is 79.6 Å². The Hall–Kier alpha value is -3.37. The maximum atomic E-state index is 12.9. The Morgan fingerprint density at radius 3 is 2.15 bits per heavy atom. The number of rotatable bonds is 14. The molecule has 4 amide bonds. The first-order valence-corrected chi connectivity index (χ1v) is 10.9. The van der Waals surface area contributed by atoms with Crippen LogP contribution in [0.15, 0.2) is 25.3 Å². The third-order valence-corrected chi connectivity index (χ3v) is 4.33. The second-order valence-electron chi connectivity index (χ2n) is 8.53. The van der Waals surface area contributed by atoms with Crippen LogP contribution in [0.25, 0.3) is 0 Å². The van der Waals surface area contributed by atoms with Gasteiger partial charge in [-0.3, -0.25) is 14.4 Å². The van der Waals surface area contributed by atoms with Crippen LogP contribution >= 0.6 is 0 Å². The van der Waals surface area contributed by atoms with E-state index in [1.54, 1.807) is 26.8 Å². The van der Waals surface area contributed by atoms with E-state index in [1.807, 2.05) is 0 Å². The largest absolute Gasteiger partial charge is 0.467 e. The molecule has 0 saturated heterocycles. The van der Waals surface area contributed by atoms with E-state index in [4.69, 9.17) is 9.47 Å². The standard InChI is InChI=1S/C23H38N4O7/c1-8-10-11-16(26-22(32)34-23(3,4)5)20(30)27(6)15-19(29)25-17(21(31)33-7)12-13-18(28)24-14-9-2/h8-9,16-17H,1-2,10-15H2,3-7H3,(H,24,28)(H,25,29)(H,26,32)/t16-,17-/m0/s1. The number of carbonyl (C=O) groups is 5. The number of nitrogens with zero attached hydrogens (tertiary/aromatic N) is 1. The highest BCUT2D eigenvalue weighted by atomic mass is 16.6. The number of hydrogen-bond donors (Lipinski definition) is 3. The van der Waals surface area contributed by atoms with E-state index in [2.05, 4.69) is 29.1 Å². The van der Waals surface area contributed by atoms with Crippen molar-refractivity contribution in [2.45, 2.75) is 64.1 Å². The predicted octanol–water partition coefficient (Wildman–Crippen LogP) is 1.04. The molecule has 0 aromatic carbocycles. The van der Waals surface area contributed by atoms with Crippen LogP contribution in [-0.2, 0) is 28.7 Å². The molecule has 0 aromatic rings.